The number of hydrogen-bond donors (Lipinski definition) is 0. The summed E-state index contributed by atoms with van der Waals surface area (Å²) in [5.41, 5.74) is 1.07. The first kappa shape index (κ1) is 14.9. The van der Waals surface area contributed by atoms with Gasteiger partial charge in [-0.05, 0) is 29.8 Å². The monoisotopic (exact) mass is 328 g/mol. The summed E-state index contributed by atoms with van der Waals surface area (Å²) in [6.07, 6.45) is 1.54. The van der Waals surface area contributed by atoms with Gasteiger partial charge in [-0.1, -0.05) is 29.8 Å². The van der Waals surface area contributed by atoms with E-state index in [2.05, 4.69) is 4.99 Å². The highest BCUT2D eigenvalue weighted by atomic mass is 35.5. The SMILES string of the molecule is O=C1OC(c2cccc([N+](=O)[O-])c2)=N/C1=C\c1cccc(Cl)c1. The van der Waals surface area contributed by atoms with Crippen LogP contribution in [0.2, 0.25) is 5.02 Å². The summed E-state index contributed by atoms with van der Waals surface area (Å²) in [5, 5.41) is 11.3. The van der Waals surface area contributed by atoms with Crippen LogP contribution >= 0.6 is 11.6 Å². The Kier molecular flexibility index (Phi) is 3.91. The van der Waals surface area contributed by atoms with Crippen LogP contribution in [0.4, 0.5) is 5.69 Å². The number of hydrogen-bond acceptors (Lipinski definition) is 5. The zero-order valence-corrected chi connectivity index (χ0v) is 12.4. The van der Waals surface area contributed by atoms with E-state index in [0.717, 1.165) is 0 Å². The zero-order valence-electron chi connectivity index (χ0n) is 11.6. The average molecular weight is 329 g/mol. The molecule has 1 aliphatic rings. The van der Waals surface area contributed by atoms with Crippen LogP contribution in [0.3, 0.4) is 0 Å². The Balaban J connectivity index is 1.95. The van der Waals surface area contributed by atoms with Gasteiger partial charge in [0.2, 0.25) is 5.90 Å². The van der Waals surface area contributed by atoms with E-state index >= 15 is 0 Å². The normalized spacial score (nSPS) is 15.4. The number of cyclic esters (lactones) is 1. The largest absolute Gasteiger partial charge is 0.402 e. The molecule has 3 rings (SSSR count). The predicted molar refractivity (Wildman–Crippen MR) is 85.2 cm³/mol. The maximum atomic E-state index is 11.9. The number of carbonyl (C=O) groups excluding carboxylic acids is 1. The third kappa shape index (κ3) is 3.27. The molecule has 0 radical (unpaired) electrons. The topological polar surface area (TPSA) is 81.8 Å². The summed E-state index contributed by atoms with van der Waals surface area (Å²) in [6, 6.07) is 12.7. The van der Waals surface area contributed by atoms with Gasteiger partial charge in [0.25, 0.3) is 5.69 Å². The van der Waals surface area contributed by atoms with Crippen molar-refractivity contribution in [2.75, 3.05) is 0 Å². The fraction of sp³-hybridized carbons (Fsp3) is 0. The summed E-state index contributed by atoms with van der Waals surface area (Å²) in [4.78, 5) is 26.3. The molecule has 0 amide bonds. The number of benzene rings is 2. The van der Waals surface area contributed by atoms with Crippen molar-refractivity contribution in [1.29, 1.82) is 0 Å². The average Bonchev–Trinajstić information content (AvgIpc) is 2.88. The maximum Gasteiger partial charge on any atom is 0.363 e. The lowest BCUT2D eigenvalue weighted by Crippen LogP contribution is -2.05. The fourth-order valence-corrected chi connectivity index (χ4v) is 2.24. The Morgan fingerprint density at radius 3 is 2.70 bits per heavy atom. The number of halogens is 1. The lowest BCUT2D eigenvalue weighted by Gasteiger charge is -1.98. The molecule has 2 aromatic carbocycles. The molecule has 0 unspecified atom stereocenters. The first-order chi connectivity index (χ1) is 11.0. The number of esters is 1. The molecule has 0 bridgehead atoms. The van der Waals surface area contributed by atoms with Crippen molar-refractivity contribution in [3.8, 4) is 0 Å². The summed E-state index contributed by atoms with van der Waals surface area (Å²) < 4.78 is 5.08. The quantitative estimate of drug-likeness (QED) is 0.373. The van der Waals surface area contributed by atoms with Crippen molar-refractivity contribution in [2.24, 2.45) is 4.99 Å². The Bertz CT molecular complexity index is 874. The number of aliphatic imine (C=N–C) groups is 1. The van der Waals surface area contributed by atoms with E-state index in [1.165, 1.54) is 18.2 Å². The molecule has 0 aromatic heterocycles. The summed E-state index contributed by atoms with van der Waals surface area (Å²) in [6.45, 7) is 0. The first-order valence-electron chi connectivity index (χ1n) is 6.56. The lowest BCUT2D eigenvalue weighted by atomic mass is 10.2. The van der Waals surface area contributed by atoms with Crippen LogP contribution in [0.25, 0.3) is 6.08 Å². The maximum absolute atomic E-state index is 11.9. The minimum Gasteiger partial charge on any atom is -0.402 e. The van der Waals surface area contributed by atoms with Gasteiger partial charge in [-0.3, -0.25) is 10.1 Å². The molecule has 1 heterocycles. The van der Waals surface area contributed by atoms with Gasteiger partial charge in [0, 0.05) is 22.7 Å². The highest BCUT2D eigenvalue weighted by Gasteiger charge is 2.25. The van der Waals surface area contributed by atoms with Gasteiger partial charge in [-0.25, -0.2) is 9.79 Å². The first-order valence-corrected chi connectivity index (χ1v) is 6.94. The number of non-ortho nitro benzene ring substituents is 1. The number of ether oxygens (including phenoxy) is 1. The molecule has 0 fully saturated rings. The van der Waals surface area contributed by atoms with E-state index < -0.39 is 10.9 Å². The van der Waals surface area contributed by atoms with Gasteiger partial charge in [0.1, 0.15) is 0 Å². The lowest BCUT2D eigenvalue weighted by molar-refractivity contribution is -0.384. The van der Waals surface area contributed by atoms with Crippen molar-refractivity contribution in [3.05, 3.63) is 80.5 Å². The summed E-state index contributed by atoms with van der Waals surface area (Å²) in [7, 11) is 0. The van der Waals surface area contributed by atoms with Crippen molar-refractivity contribution in [2.45, 2.75) is 0 Å². The van der Waals surface area contributed by atoms with Gasteiger partial charge in [0.15, 0.2) is 5.70 Å². The molecule has 23 heavy (non-hydrogen) atoms. The molecule has 7 heteroatoms. The molecule has 1 aliphatic heterocycles. The van der Waals surface area contributed by atoms with E-state index in [-0.39, 0.29) is 17.3 Å². The van der Waals surface area contributed by atoms with Crippen molar-refractivity contribution < 1.29 is 14.5 Å². The van der Waals surface area contributed by atoms with Crippen molar-refractivity contribution in [3.63, 3.8) is 0 Å². The Morgan fingerprint density at radius 1 is 1.17 bits per heavy atom. The van der Waals surface area contributed by atoms with Crippen LogP contribution in [0, 0.1) is 10.1 Å². The summed E-state index contributed by atoms with van der Waals surface area (Å²) >= 11 is 5.89. The highest BCUT2D eigenvalue weighted by molar-refractivity contribution is 6.30. The van der Waals surface area contributed by atoms with Crippen LogP contribution in [0.5, 0.6) is 0 Å². The number of nitro benzene ring substituents is 1. The molecule has 6 nitrogen and oxygen atoms in total. The molecule has 0 spiro atoms. The van der Waals surface area contributed by atoms with E-state index in [1.807, 2.05) is 0 Å². The number of nitro groups is 1. The summed E-state index contributed by atoms with van der Waals surface area (Å²) in [5.74, 6) is -0.585. The van der Waals surface area contributed by atoms with Gasteiger partial charge in [-0.15, -0.1) is 0 Å². The Hall–Kier alpha value is -2.99. The third-order valence-electron chi connectivity index (χ3n) is 3.08. The zero-order chi connectivity index (χ0) is 16.4. The van der Waals surface area contributed by atoms with Gasteiger partial charge >= 0.3 is 5.97 Å². The van der Waals surface area contributed by atoms with E-state index in [9.17, 15) is 14.9 Å². The molecule has 0 aliphatic carbocycles. The second-order valence-corrected chi connectivity index (χ2v) is 5.13. The molecule has 114 valence electrons. The molecule has 0 atom stereocenters. The van der Waals surface area contributed by atoms with Gasteiger partial charge < -0.3 is 4.74 Å². The Morgan fingerprint density at radius 2 is 1.96 bits per heavy atom. The van der Waals surface area contributed by atoms with Gasteiger partial charge in [-0.2, -0.15) is 0 Å². The molecule has 0 saturated heterocycles. The van der Waals surface area contributed by atoms with Crippen LogP contribution in [-0.2, 0) is 9.53 Å². The third-order valence-corrected chi connectivity index (χ3v) is 3.31. The van der Waals surface area contributed by atoms with Crippen LogP contribution in [0.15, 0.2) is 59.2 Å². The van der Waals surface area contributed by atoms with Crippen LogP contribution < -0.4 is 0 Å². The minimum atomic E-state index is -0.619. The second kappa shape index (κ2) is 6.02. The fourth-order valence-electron chi connectivity index (χ4n) is 2.04. The molecular weight excluding hydrogens is 320 g/mol. The molecule has 2 aromatic rings. The highest BCUT2D eigenvalue weighted by Crippen LogP contribution is 2.22. The van der Waals surface area contributed by atoms with Crippen molar-refractivity contribution in [1.82, 2.24) is 0 Å². The van der Waals surface area contributed by atoms with Gasteiger partial charge in [0.05, 0.1) is 4.92 Å². The van der Waals surface area contributed by atoms with Crippen LogP contribution in [-0.4, -0.2) is 16.8 Å². The van der Waals surface area contributed by atoms with Crippen LogP contribution in [0.1, 0.15) is 11.1 Å². The standard InChI is InChI=1S/C16H9ClN2O4/c17-12-5-1-3-10(7-12)8-14-16(20)23-15(18-14)11-4-2-6-13(9-11)19(21)22/h1-9H/b14-8-. The predicted octanol–water partition coefficient (Wildman–Crippen LogP) is 3.59. The number of rotatable bonds is 3. The van der Waals surface area contributed by atoms with E-state index in [1.54, 1.807) is 36.4 Å². The molecular formula is C16H9ClN2O4. The smallest absolute Gasteiger partial charge is 0.363 e. The van der Waals surface area contributed by atoms with E-state index in [0.29, 0.717) is 16.1 Å². The minimum absolute atomic E-state index is 0.0342. The number of carbonyl (C=O) groups is 1. The molecule has 0 N–H and O–H groups in total. The number of nitrogens with zero attached hydrogens (tertiary/aromatic N) is 2. The molecule has 0 saturated carbocycles. The second-order valence-electron chi connectivity index (χ2n) is 4.70. The van der Waals surface area contributed by atoms with Crippen molar-refractivity contribution >= 4 is 35.2 Å². The van der Waals surface area contributed by atoms with E-state index in [4.69, 9.17) is 16.3 Å². The Labute approximate surface area is 135 Å².